The lowest BCUT2D eigenvalue weighted by molar-refractivity contribution is -0.194. The molecule has 0 bridgehead atoms. The Morgan fingerprint density at radius 3 is 2.85 bits per heavy atom. The number of benzene rings is 1. The molecule has 0 radical (unpaired) electrons. The molecule has 1 N–H and O–H groups in total. The van der Waals surface area contributed by atoms with Gasteiger partial charge in [0.2, 0.25) is 0 Å². The Hall–Kier alpha value is -0.380. The van der Waals surface area contributed by atoms with E-state index in [2.05, 4.69) is 66.3 Å². The van der Waals surface area contributed by atoms with Crippen LogP contribution in [-0.4, -0.2) is 18.8 Å². The summed E-state index contributed by atoms with van der Waals surface area (Å²) in [7, 11) is 0. The minimum Gasteiger partial charge on any atom is -0.377 e. The highest BCUT2D eigenvalue weighted by Crippen LogP contribution is 2.52. The van der Waals surface area contributed by atoms with E-state index in [1.54, 1.807) is 0 Å². The lowest BCUT2D eigenvalue weighted by Gasteiger charge is -2.60. The first-order chi connectivity index (χ1) is 9.51. The maximum atomic E-state index is 5.98. The zero-order valence-corrected chi connectivity index (χ0v) is 14.1. The van der Waals surface area contributed by atoms with Gasteiger partial charge in [0.05, 0.1) is 6.10 Å². The summed E-state index contributed by atoms with van der Waals surface area (Å²) in [6.45, 7) is 7.87. The summed E-state index contributed by atoms with van der Waals surface area (Å²) in [6.07, 6.45) is 2.95. The van der Waals surface area contributed by atoms with Crippen molar-refractivity contribution in [1.82, 2.24) is 5.32 Å². The van der Waals surface area contributed by atoms with E-state index in [1.807, 2.05) is 0 Å². The van der Waals surface area contributed by atoms with Crippen molar-refractivity contribution in [2.75, 3.05) is 6.61 Å². The van der Waals surface area contributed by atoms with Gasteiger partial charge in [-0.05, 0) is 31.4 Å². The van der Waals surface area contributed by atoms with Crippen LogP contribution in [0.4, 0.5) is 0 Å². The van der Waals surface area contributed by atoms with E-state index in [1.165, 1.54) is 22.9 Å². The van der Waals surface area contributed by atoms with E-state index in [0.29, 0.717) is 24.1 Å². The van der Waals surface area contributed by atoms with Crippen molar-refractivity contribution in [3.63, 3.8) is 0 Å². The second kappa shape index (κ2) is 5.43. The van der Waals surface area contributed by atoms with Crippen molar-refractivity contribution in [2.45, 2.75) is 51.8 Å². The van der Waals surface area contributed by atoms with Crippen LogP contribution in [0.3, 0.4) is 0 Å². The van der Waals surface area contributed by atoms with Crippen molar-refractivity contribution in [2.24, 2.45) is 11.3 Å². The Bertz CT molecular complexity index is 488. The monoisotopic (exact) mass is 337 g/mol. The molecule has 4 atom stereocenters. The average Bonchev–Trinajstić information content (AvgIpc) is 2.45. The Morgan fingerprint density at radius 2 is 2.10 bits per heavy atom. The fourth-order valence-electron chi connectivity index (χ4n) is 4.05. The molecule has 1 saturated heterocycles. The molecule has 2 nitrogen and oxygen atoms in total. The molecule has 3 heteroatoms. The van der Waals surface area contributed by atoms with E-state index < -0.39 is 0 Å². The van der Waals surface area contributed by atoms with Gasteiger partial charge < -0.3 is 10.1 Å². The summed E-state index contributed by atoms with van der Waals surface area (Å²) in [6, 6.07) is 9.40. The Kier molecular flexibility index (Phi) is 3.95. The van der Waals surface area contributed by atoms with Gasteiger partial charge in [-0.15, -0.1) is 0 Å². The molecule has 3 unspecified atom stereocenters. The van der Waals surface area contributed by atoms with Gasteiger partial charge in [0.25, 0.3) is 0 Å². The van der Waals surface area contributed by atoms with Gasteiger partial charge in [-0.2, -0.15) is 0 Å². The molecule has 0 aromatic heterocycles. The molecule has 2 fully saturated rings. The van der Waals surface area contributed by atoms with Crippen LogP contribution in [0.1, 0.15) is 45.2 Å². The molecule has 1 heterocycles. The molecule has 1 saturated carbocycles. The molecular weight excluding hydrogens is 314 g/mol. The quantitative estimate of drug-likeness (QED) is 0.887. The molecule has 1 aliphatic carbocycles. The first-order valence-corrected chi connectivity index (χ1v) is 8.43. The van der Waals surface area contributed by atoms with Crippen LogP contribution in [0.5, 0.6) is 0 Å². The number of hydrogen-bond acceptors (Lipinski definition) is 2. The van der Waals surface area contributed by atoms with E-state index in [0.717, 1.165) is 6.61 Å². The fourth-order valence-corrected chi connectivity index (χ4v) is 4.67. The number of ether oxygens (including phenoxy) is 1. The predicted octanol–water partition coefficient (Wildman–Crippen LogP) is 4.30. The van der Waals surface area contributed by atoms with Crippen molar-refractivity contribution in [3.05, 3.63) is 34.3 Å². The lowest BCUT2D eigenvalue weighted by Crippen LogP contribution is -2.69. The van der Waals surface area contributed by atoms with Crippen LogP contribution in [0.25, 0.3) is 0 Å². The number of hydrogen-bond donors (Lipinski definition) is 1. The van der Waals surface area contributed by atoms with Crippen molar-refractivity contribution < 1.29 is 4.74 Å². The molecule has 3 rings (SSSR count). The highest BCUT2D eigenvalue weighted by molar-refractivity contribution is 9.10. The molecule has 0 spiro atoms. The maximum absolute atomic E-state index is 5.98. The highest BCUT2D eigenvalue weighted by atomic mass is 79.9. The maximum Gasteiger partial charge on any atom is 0.0684 e. The van der Waals surface area contributed by atoms with Crippen LogP contribution in [0, 0.1) is 11.3 Å². The molecule has 2 aliphatic rings. The third-order valence-electron chi connectivity index (χ3n) is 5.13. The Morgan fingerprint density at radius 1 is 1.35 bits per heavy atom. The first kappa shape index (κ1) is 14.6. The Labute approximate surface area is 130 Å². The van der Waals surface area contributed by atoms with Crippen molar-refractivity contribution in [1.29, 1.82) is 0 Å². The smallest absolute Gasteiger partial charge is 0.0684 e. The Balaban J connectivity index is 1.73. The summed E-state index contributed by atoms with van der Waals surface area (Å²) in [5.74, 6) is 0.684. The SMILES string of the molecule is C[C@H](NC1C2CCCOC2C1(C)C)c1ccccc1Br. The van der Waals surface area contributed by atoms with Gasteiger partial charge in [0.1, 0.15) is 0 Å². The lowest BCUT2D eigenvalue weighted by atomic mass is 9.55. The predicted molar refractivity (Wildman–Crippen MR) is 85.7 cm³/mol. The summed E-state index contributed by atoms with van der Waals surface area (Å²) in [5, 5.41) is 3.85. The number of rotatable bonds is 3. The van der Waals surface area contributed by atoms with Crippen molar-refractivity contribution >= 4 is 15.9 Å². The third kappa shape index (κ3) is 2.34. The minimum absolute atomic E-state index is 0.237. The van der Waals surface area contributed by atoms with Crippen molar-refractivity contribution in [3.8, 4) is 0 Å². The first-order valence-electron chi connectivity index (χ1n) is 7.64. The minimum atomic E-state index is 0.237. The number of fused-ring (bicyclic) bond motifs is 1. The van der Waals surface area contributed by atoms with Gasteiger partial charge in [-0.3, -0.25) is 0 Å². The largest absolute Gasteiger partial charge is 0.377 e. The molecule has 1 aliphatic heterocycles. The molecule has 110 valence electrons. The van der Waals surface area contributed by atoms with E-state index >= 15 is 0 Å². The third-order valence-corrected chi connectivity index (χ3v) is 5.85. The zero-order chi connectivity index (χ0) is 14.3. The molecule has 20 heavy (non-hydrogen) atoms. The second-order valence-corrected chi connectivity index (χ2v) is 7.66. The van der Waals surface area contributed by atoms with Gasteiger partial charge in [-0.1, -0.05) is 48.0 Å². The van der Waals surface area contributed by atoms with E-state index in [-0.39, 0.29) is 5.41 Å². The van der Waals surface area contributed by atoms with E-state index in [9.17, 15) is 0 Å². The molecule has 1 aromatic rings. The van der Waals surface area contributed by atoms with Crippen LogP contribution in [0.2, 0.25) is 0 Å². The fraction of sp³-hybridized carbons (Fsp3) is 0.647. The number of nitrogens with one attached hydrogen (secondary N) is 1. The molecule has 1 aromatic carbocycles. The van der Waals surface area contributed by atoms with Crippen LogP contribution < -0.4 is 5.32 Å². The summed E-state index contributed by atoms with van der Waals surface area (Å²) < 4.78 is 7.17. The standard InChI is InChI=1S/C17H24BrNO/c1-11(12-7-4-5-9-14(12)18)19-15-13-8-6-10-20-16(13)17(15,2)3/h4-5,7,9,11,13,15-16,19H,6,8,10H2,1-3H3/t11-,13?,15?,16?/m0/s1. The average molecular weight is 338 g/mol. The van der Waals surface area contributed by atoms with Crippen LogP contribution in [-0.2, 0) is 4.74 Å². The summed E-state index contributed by atoms with van der Waals surface area (Å²) >= 11 is 3.66. The topological polar surface area (TPSA) is 21.3 Å². The van der Waals surface area contributed by atoms with Gasteiger partial charge in [0, 0.05) is 34.5 Å². The molecule has 0 amide bonds. The van der Waals surface area contributed by atoms with Crippen LogP contribution in [0.15, 0.2) is 28.7 Å². The summed E-state index contributed by atoms with van der Waals surface area (Å²) in [5.41, 5.74) is 1.57. The van der Waals surface area contributed by atoms with Gasteiger partial charge >= 0.3 is 0 Å². The van der Waals surface area contributed by atoms with Gasteiger partial charge in [0.15, 0.2) is 0 Å². The van der Waals surface area contributed by atoms with Crippen LogP contribution >= 0.6 is 15.9 Å². The second-order valence-electron chi connectivity index (χ2n) is 6.81. The summed E-state index contributed by atoms with van der Waals surface area (Å²) in [4.78, 5) is 0. The normalized spacial score (nSPS) is 33.1. The molecular formula is C17H24BrNO. The number of halogens is 1. The van der Waals surface area contributed by atoms with Gasteiger partial charge in [-0.25, -0.2) is 0 Å². The van der Waals surface area contributed by atoms with E-state index in [4.69, 9.17) is 4.74 Å². The highest BCUT2D eigenvalue weighted by Gasteiger charge is 2.57. The zero-order valence-electron chi connectivity index (χ0n) is 12.5.